The molecule has 0 amide bonds. The SMILES string of the molecule is C#CC=Cc1cccc(C)c1. The van der Waals surface area contributed by atoms with Crippen molar-refractivity contribution in [3.8, 4) is 12.3 Å². The molecule has 0 aliphatic carbocycles. The predicted molar refractivity (Wildman–Crippen MR) is 49.0 cm³/mol. The normalized spacial score (nSPS) is 9.82. The average Bonchev–Trinajstić information content (AvgIpc) is 2.01. The van der Waals surface area contributed by atoms with E-state index < -0.39 is 0 Å². The van der Waals surface area contributed by atoms with Crippen LogP contribution >= 0.6 is 0 Å². The third kappa shape index (κ3) is 2.31. The molecule has 0 N–H and O–H groups in total. The third-order valence-corrected chi connectivity index (χ3v) is 1.41. The summed E-state index contributed by atoms with van der Waals surface area (Å²) >= 11 is 0. The van der Waals surface area contributed by atoms with E-state index in [4.69, 9.17) is 6.42 Å². The number of hydrogen-bond donors (Lipinski definition) is 0. The lowest BCUT2D eigenvalue weighted by Gasteiger charge is -1.93. The van der Waals surface area contributed by atoms with E-state index in [1.807, 2.05) is 18.2 Å². The Morgan fingerprint density at radius 1 is 1.45 bits per heavy atom. The van der Waals surface area contributed by atoms with Crippen molar-refractivity contribution in [1.82, 2.24) is 0 Å². The molecule has 0 aliphatic heterocycles. The van der Waals surface area contributed by atoms with Gasteiger partial charge in [-0.25, -0.2) is 0 Å². The van der Waals surface area contributed by atoms with Gasteiger partial charge in [0.15, 0.2) is 0 Å². The molecule has 0 spiro atoms. The summed E-state index contributed by atoms with van der Waals surface area (Å²) < 4.78 is 0. The summed E-state index contributed by atoms with van der Waals surface area (Å²) in [6.45, 7) is 2.06. The van der Waals surface area contributed by atoms with E-state index in [1.54, 1.807) is 6.08 Å². The van der Waals surface area contributed by atoms with Gasteiger partial charge in [-0.15, -0.1) is 6.42 Å². The fourth-order valence-corrected chi connectivity index (χ4v) is 0.918. The first-order valence-electron chi connectivity index (χ1n) is 3.52. The van der Waals surface area contributed by atoms with Gasteiger partial charge in [-0.1, -0.05) is 35.7 Å². The van der Waals surface area contributed by atoms with E-state index in [-0.39, 0.29) is 0 Å². The third-order valence-electron chi connectivity index (χ3n) is 1.41. The van der Waals surface area contributed by atoms with Gasteiger partial charge >= 0.3 is 0 Å². The molecule has 1 aromatic rings. The molecule has 0 saturated carbocycles. The number of aryl methyl sites for hydroxylation is 1. The Morgan fingerprint density at radius 2 is 2.27 bits per heavy atom. The molecule has 0 unspecified atom stereocenters. The van der Waals surface area contributed by atoms with Crippen LogP contribution in [0.2, 0.25) is 0 Å². The second-order valence-electron chi connectivity index (χ2n) is 2.41. The second-order valence-corrected chi connectivity index (χ2v) is 2.41. The molecule has 1 rings (SSSR count). The molecule has 0 saturated heterocycles. The molecule has 0 bridgehead atoms. The lowest BCUT2D eigenvalue weighted by Crippen LogP contribution is -1.73. The summed E-state index contributed by atoms with van der Waals surface area (Å²) in [6, 6.07) is 8.20. The smallest absolute Gasteiger partial charge is 0.0116 e. The van der Waals surface area contributed by atoms with Crippen LogP contribution in [0.15, 0.2) is 30.3 Å². The van der Waals surface area contributed by atoms with E-state index in [9.17, 15) is 0 Å². The molecule has 0 aliphatic rings. The highest BCUT2D eigenvalue weighted by molar-refractivity contribution is 5.52. The highest BCUT2D eigenvalue weighted by Gasteiger charge is 1.84. The minimum absolute atomic E-state index is 1.16. The molecule has 11 heavy (non-hydrogen) atoms. The van der Waals surface area contributed by atoms with Crippen molar-refractivity contribution in [1.29, 1.82) is 0 Å². The molecule has 1 aromatic carbocycles. The quantitative estimate of drug-likeness (QED) is 0.529. The molecule has 0 heteroatoms. The Morgan fingerprint density at radius 3 is 2.91 bits per heavy atom. The van der Waals surface area contributed by atoms with Gasteiger partial charge in [0.05, 0.1) is 0 Å². The van der Waals surface area contributed by atoms with Gasteiger partial charge in [-0.05, 0) is 24.6 Å². The number of rotatable bonds is 1. The standard InChI is InChI=1S/C11H10/c1-3-4-7-11-8-5-6-10(2)9-11/h1,4-9H,2H3. The number of allylic oxidation sites excluding steroid dienone is 1. The van der Waals surface area contributed by atoms with Crippen LogP contribution in [0.3, 0.4) is 0 Å². The van der Waals surface area contributed by atoms with E-state index in [2.05, 4.69) is 25.0 Å². The van der Waals surface area contributed by atoms with Gasteiger partial charge in [-0.2, -0.15) is 0 Å². The summed E-state index contributed by atoms with van der Waals surface area (Å²) in [5, 5.41) is 0. The Bertz CT molecular complexity index is 300. The van der Waals surface area contributed by atoms with Crippen molar-refractivity contribution >= 4 is 6.08 Å². The molecule has 0 fully saturated rings. The Balaban J connectivity index is 2.90. The second kappa shape index (κ2) is 3.63. The zero-order valence-electron chi connectivity index (χ0n) is 6.54. The number of hydrogen-bond acceptors (Lipinski definition) is 0. The van der Waals surface area contributed by atoms with E-state index in [1.165, 1.54) is 5.56 Å². The number of terminal acetylenes is 1. The Hall–Kier alpha value is -1.48. The van der Waals surface area contributed by atoms with E-state index in [0.717, 1.165) is 5.56 Å². The first-order chi connectivity index (χ1) is 5.33. The van der Waals surface area contributed by atoms with Crippen LogP contribution in [0.25, 0.3) is 6.08 Å². The maximum Gasteiger partial charge on any atom is -0.0116 e. The monoisotopic (exact) mass is 142 g/mol. The van der Waals surface area contributed by atoms with Crippen molar-refractivity contribution in [2.45, 2.75) is 6.92 Å². The fraction of sp³-hybridized carbons (Fsp3) is 0.0909. The highest BCUT2D eigenvalue weighted by atomic mass is 13.9. The Kier molecular flexibility index (Phi) is 2.52. The van der Waals surface area contributed by atoms with Crippen LogP contribution in [-0.4, -0.2) is 0 Å². The molecule has 0 radical (unpaired) electrons. The van der Waals surface area contributed by atoms with Crippen LogP contribution in [0.1, 0.15) is 11.1 Å². The van der Waals surface area contributed by atoms with Crippen LogP contribution in [0, 0.1) is 19.3 Å². The van der Waals surface area contributed by atoms with Crippen molar-refractivity contribution in [2.24, 2.45) is 0 Å². The van der Waals surface area contributed by atoms with Crippen molar-refractivity contribution in [2.75, 3.05) is 0 Å². The van der Waals surface area contributed by atoms with Gasteiger partial charge in [0.2, 0.25) is 0 Å². The average molecular weight is 142 g/mol. The van der Waals surface area contributed by atoms with E-state index in [0.29, 0.717) is 0 Å². The predicted octanol–water partition coefficient (Wildman–Crippen LogP) is 2.64. The van der Waals surface area contributed by atoms with Crippen molar-refractivity contribution in [3.05, 3.63) is 41.5 Å². The molecule has 54 valence electrons. The van der Waals surface area contributed by atoms with Crippen molar-refractivity contribution in [3.63, 3.8) is 0 Å². The lowest BCUT2D eigenvalue weighted by atomic mass is 10.1. The fourth-order valence-electron chi connectivity index (χ4n) is 0.918. The topological polar surface area (TPSA) is 0 Å². The molecular formula is C11H10. The van der Waals surface area contributed by atoms with Crippen LogP contribution in [0.5, 0.6) is 0 Å². The molecular weight excluding hydrogens is 132 g/mol. The summed E-state index contributed by atoms with van der Waals surface area (Å²) in [7, 11) is 0. The van der Waals surface area contributed by atoms with Crippen LogP contribution < -0.4 is 0 Å². The van der Waals surface area contributed by atoms with Gasteiger partial charge < -0.3 is 0 Å². The molecule has 0 aromatic heterocycles. The number of benzene rings is 1. The van der Waals surface area contributed by atoms with Gasteiger partial charge in [0.1, 0.15) is 0 Å². The minimum Gasteiger partial charge on any atom is -0.115 e. The maximum absolute atomic E-state index is 5.08. The van der Waals surface area contributed by atoms with Gasteiger partial charge in [0, 0.05) is 0 Å². The maximum atomic E-state index is 5.08. The first kappa shape index (κ1) is 7.63. The zero-order valence-corrected chi connectivity index (χ0v) is 6.54. The summed E-state index contributed by atoms with van der Waals surface area (Å²) in [5.74, 6) is 2.46. The molecule has 0 heterocycles. The molecule has 0 nitrogen and oxygen atoms in total. The van der Waals surface area contributed by atoms with Gasteiger partial charge in [0.25, 0.3) is 0 Å². The summed E-state index contributed by atoms with van der Waals surface area (Å²) in [5.41, 5.74) is 2.41. The van der Waals surface area contributed by atoms with Crippen LogP contribution in [0.4, 0.5) is 0 Å². The summed E-state index contributed by atoms with van der Waals surface area (Å²) in [4.78, 5) is 0. The largest absolute Gasteiger partial charge is 0.115 e. The summed E-state index contributed by atoms with van der Waals surface area (Å²) in [6.07, 6.45) is 8.70. The Labute approximate surface area is 67.6 Å². The first-order valence-corrected chi connectivity index (χ1v) is 3.52. The van der Waals surface area contributed by atoms with Gasteiger partial charge in [-0.3, -0.25) is 0 Å². The van der Waals surface area contributed by atoms with Crippen molar-refractivity contribution < 1.29 is 0 Å². The van der Waals surface area contributed by atoms with E-state index >= 15 is 0 Å². The minimum atomic E-state index is 1.16. The lowest BCUT2D eigenvalue weighted by molar-refractivity contribution is 1.46. The molecule has 0 atom stereocenters. The highest BCUT2D eigenvalue weighted by Crippen LogP contribution is 2.04. The zero-order chi connectivity index (χ0) is 8.10. The van der Waals surface area contributed by atoms with Crippen LogP contribution in [-0.2, 0) is 0 Å².